The molecule has 1 N–H and O–H groups in total. The van der Waals surface area contributed by atoms with E-state index in [1.54, 1.807) is 0 Å². The molecule has 7 nitrogen and oxygen atoms in total. The smallest absolute Gasteiger partial charge is 0.338 e. The zero-order valence-electron chi connectivity index (χ0n) is 12.0. The summed E-state index contributed by atoms with van der Waals surface area (Å²) in [5.74, 6) is -3.88. The molecule has 0 fully saturated rings. The molecule has 0 radical (unpaired) electrons. The number of anilines is 1. The monoisotopic (exact) mass is 336 g/mol. The first kappa shape index (κ1) is 17.0. The Labute approximate surface area is 134 Å². The van der Waals surface area contributed by atoms with Gasteiger partial charge in [-0.05, 0) is 18.2 Å². The molecule has 2 aromatic rings. The summed E-state index contributed by atoms with van der Waals surface area (Å²) in [7, 11) is 0. The van der Waals surface area contributed by atoms with Crippen molar-refractivity contribution in [1.82, 2.24) is 0 Å². The Hall–Kier alpha value is -3.36. The molecule has 0 aliphatic heterocycles. The summed E-state index contributed by atoms with van der Waals surface area (Å²) in [4.78, 5) is 33.5. The number of hydrogen-bond acceptors (Lipinski definition) is 5. The number of amides is 1. The molecule has 0 bridgehead atoms. The van der Waals surface area contributed by atoms with Crippen molar-refractivity contribution in [3.63, 3.8) is 0 Å². The Kier molecular flexibility index (Phi) is 5.15. The molecule has 0 unspecified atom stereocenters. The molecule has 0 spiro atoms. The van der Waals surface area contributed by atoms with E-state index in [1.165, 1.54) is 24.3 Å². The number of ether oxygens (including phenoxy) is 1. The van der Waals surface area contributed by atoms with Crippen molar-refractivity contribution in [2.45, 2.75) is 0 Å². The summed E-state index contributed by atoms with van der Waals surface area (Å²) in [5, 5.41) is 13.0. The molecule has 0 aliphatic carbocycles. The Bertz CT molecular complexity index is 790. The fourth-order valence-electron chi connectivity index (χ4n) is 1.81. The first-order chi connectivity index (χ1) is 11.4. The van der Waals surface area contributed by atoms with Gasteiger partial charge in [-0.3, -0.25) is 14.9 Å². The van der Waals surface area contributed by atoms with E-state index in [9.17, 15) is 28.5 Å². The SMILES string of the molecule is O=C(COC(=O)c1cc(F)cc(F)c1)Nc1ccccc1[N+](=O)[O-]. The molecule has 0 saturated heterocycles. The topological polar surface area (TPSA) is 98.5 Å². The highest BCUT2D eigenvalue weighted by Crippen LogP contribution is 2.22. The highest BCUT2D eigenvalue weighted by atomic mass is 19.1. The van der Waals surface area contributed by atoms with E-state index in [4.69, 9.17) is 0 Å². The molecule has 0 heterocycles. The summed E-state index contributed by atoms with van der Waals surface area (Å²) < 4.78 is 30.6. The van der Waals surface area contributed by atoms with E-state index < -0.39 is 40.6 Å². The van der Waals surface area contributed by atoms with Gasteiger partial charge in [-0.1, -0.05) is 12.1 Å². The second-order valence-corrected chi connectivity index (χ2v) is 4.56. The molecule has 2 rings (SSSR count). The Morgan fingerprint density at radius 3 is 2.38 bits per heavy atom. The number of para-hydroxylation sites is 2. The van der Waals surface area contributed by atoms with Crippen molar-refractivity contribution in [2.24, 2.45) is 0 Å². The molecule has 0 aliphatic rings. The van der Waals surface area contributed by atoms with Crippen LogP contribution >= 0.6 is 0 Å². The third-order valence-electron chi connectivity index (χ3n) is 2.81. The minimum Gasteiger partial charge on any atom is -0.452 e. The second kappa shape index (κ2) is 7.27. The predicted molar refractivity (Wildman–Crippen MR) is 78.4 cm³/mol. The van der Waals surface area contributed by atoms with E-state index >= 15 is 0 Å². The number of carbonyl (C=O) groups is 2. The van der Waals surface area contributed by atoms with Crippen molar-refractivity contribution in [3.8, 4) is 0 Å². The van der Waals surface area contributed by atoms with Gasteiger partial charge in [0.15, 0.2) is 6.61 Å². The lowest BCUT2D eigenvalue weighted by Gasteiger charge is -2.07. The maximum absolute atomic E-state index is 13.0. The van der Waals surface area contributed by atoms with Gasteiger partial charge in [-0.2, -0.15) is 0 Å². The highest BCUT2D eigenvalue weighted by Gasteiger charge is 2.17. The first-order valence-corrected chi connectivity index (χ1v) is 6.53. The average molecular weight is 336 g/mol. The molecule has 9 heteroatoms. The number of benzene rings is 2. The lowest BCUT2D eigenvalue weighted by Crippen LogP contribution is -2.21. The second-order valence-electron chi connectivity index (χ2n) is 4.56. The minimum absolute atomic E-state index is 0.0691. The molecular formula is C15H10F2N2O5. The van der Waals surface area contributed by atoms with Gasteiger partial charge in [0.05, 0.1) is 10.5 Å². The number of nitro benzene ring substituents is 1. The Morgan fingerprint density at radius 1 is 1.12 bits per heavy atom. The molecule has 0 saturated carbocycles. The molecule has 2 aromatic carbocycles. The van der Waals surface area contributed by atoms with Crippen molar-refractivity contribution in [1.29, 1.82) is 0 Å². The van der Waals surface area contributed by atoms with Gasteiger partial charge in [0, 0.05) is 12.1 Å². The number of halogens is 2. The number of nitrogens with one attached hydrogen (secondary N) is 1. The summed E-state index contributed by atoms with van der Waals surface area (Å²) in [6.07, 6.45) is 0. The van der Waals surface area contributed by atoms with E-state index in [0.29, 0.717) is 6.07 Å². The van der Waals surface area contributed by atoms with Gasteiger partial charge in [0.2, 0.25) is 0 Å². The van der Waals surface area contributed by atoms with Gasteiger partial charge in [0.1, 0.15) is 17.3 Å². The van der Waals surface area contributed by atoms with Crippen LogP contribution in [0.1, 0.15) is 10.4 Å². The van der Waals surface area contributed by atoms with Gasteiger partial charge in [-0.15, -0.1) is 0 Å². The number of nitrogens with zero attached hydrogens (tertiary/aromatic N) is 1. The molecule has 124 valence electrons. The zero-order chi connectivity index (χ0) is 17.7. The Balaban J connectivity index is 1.98. The Morgan fingerprint density at radius 2 is 1.75 bits per heavy atom. The summed E-state index contributed by atoms with van der Waals surface area (Å²) in [5.41, 5.74) is -0.796. The van der Waals surface area contributed by atoms with Crippen LogP contribution in [0.2, 0.25) is 0 Å². The van der Waals surface area contributed by atoms with Crippen LogP contribution in [0.4, 0.5) is 20.2 Å². The van der Waals surface area contributed by atoms with Crippen LogP contribution in [0.25, 0.3) is 0 Å². The molecule has 1 amide bonds. The average Bonchev–Trinajstić information content (AvgIpc) is 2.52. The van der Waals surface area contributed by atoms with E-state index in [0.717, 1.165) is 12.1 Å². The summed E-state index contributed by atoms with van der Waals surface area (Å²) in [6, 6.07) is 7.49. The lowest BCUT2D eigenvalue weighted by atomic mass is 10.2. The third-order valence-corrected chi connectivity index (χ3v) is 2.81. The van der Waals surface area contributed by atoms with Gasteiger partial charge in [-0.25, -0.2) is 13.6 Å². The van der Waals surface area contributed by atoms with Crippen LogP contribution in [0.15, 0.2) is 42.5 Å². The summed E-state index contributed by atoms with van der Waals surface area (Å²) >= 11 is 0. The maximum Gasteiger partial charge on any atom is 0.338 e. The van der Waals surface area contributed by atoms with E-state index in [-0.39, 0.29) is 11.4 Å². The number of nitro groups is 1. The number of carbonyl (C=O) groups excluding carboxylic acids is 2. The van der Waals surface area contributed by atoms with Crippen LogP contribution in [0.5, 0.6) is 0 Å². The molecule has 0 atom stereocenters. The standard InChI is InChI=1S/C15H10F2N2O5/c16-10-5-9(6-11(17)7-10)15(21)24-8-14(20)18-12-3-1-2-4-13(12)19(22)23/h1-7H,8H2,(H,18,20). The molecule has 24 heavy (non-hydrogen) atoms. The normalized spacial score (nSPS) is 10.1. The van der Waals surface area contributed by atoms with E-state index in [2.05, 4.69) is 10.1 Å². The quantitative estimate of drug-likeness (QED) is 0.514. The molecular weight excluding hydrogens is 326 g/mol. The lowest BCUT2D eigenvalue weighted by molar-refractivity contribution is -0.383. The van der Waals surface area contributed by atoms with Crippen LogP contribution in [0.3, 0.4) is 0 Å². The first-order valence-electron chi connectivity index (χ1n) is 6.53. The number of hydrogen-bond donors (Lipinski definition) is 1. The van der Waals surface area contributed by atoms with Crippen LogP contribution in [-0.4, -0.2) is 23.4 Å². The van der Waals surface area contributed by atoms with E-state index in [1.807, 2.05) is 0 Å². The third kappa shape index (κ3) is 4.32. The summed E-state index contributed by atoms with van der Waals surface area (Å²) in [6.45, 7) is -0.775. The van der Waals surface area contributed by atoms with Gasteiger partial charge in [0.25, 0.3) is 11.6 Å². The van der Waals surface area contributed by atoms with Crippen molar-refractivity contribution >= 4 is 23.3 Å². The fraction of sp³-hybridized carbons (Fsp3) is 0.0667. The minimum atomic E-state index is -1.11. The maximum atomic E-state index is 13.0. The largest absolute Gasteiger partial charge is 0.452 e. The van der Waals surface area contributed by atoms with Crippen LogP contribution in [0, 0.1) is 21.7 Å². The fourth-order valence-corrected chi connectivity index (χ4v) is 1.81. The van der Waals surface area contributed by atoms with Gasteiger partial charge < -0.3 is 10.1 Å². The molecule has 0 aromatic heterocycles. The van der Waals surface area contributed by atoms with Crippen LogP contribution in [-0.2, 0) is 9.53 Å². The van der Waals surface area contributed by atoms with Crippen molar-refractivity contribution < 1.29 is 28.0 Å². The van der Waals surface area contributed by atoms with Crippen molar-refractivity contribution in [3.05, 3.63) is 69.8 Å². The highest BCUT2D eigenvalue weighted by molar-refractivity contribution is 5.96. The van der Waals surface area contributed by atoms with Crippen LogP contribution < -0.4 is 5.32 Å². The predicted octanol–water partition coefficient (Wildman–Crippen LogP) is 2.67. The number of rotatable bonds is 5. The van der Waals surface area contributed by atoms with Crippen molar-refractivity contribution in [2.75, 3.05) is 11.9 Å². The van der Waals surface area contributed by atoms with Gasteiger partial charge >= 0.3 is 5.97 Å². The number of esters is 1. The zero-order valence-corrected chi connectivity index (χ0v) is 12.0.